The van der Waals surface area contributed by atoms with Gasteiger partial charge in [0.25, 0.3) is 0 Å². The Morgan fingerprint density at radius 2 is 2.00 bits per heavy atom. The van der Waals surface area contributed by atoms with Crippen LogP contribution < -0.4 is 10.1 Å². The summed E-state index contributed by atoms with van der Waals surface area (Å²) in [5.41, 5.74) is -0.182. The zero-order valence-electron chi connectivity index (χ0n) is 13.6. The molecule has 8 heteroatoms. The van der Waals surface area contributed by atoms with Gasteiger partial charge in [-0.25, -0.2) is 9.97 Å². The fourth-order valence-electron chi connectivity index (χ4n) is 2.28. The number of thiophene rings is 1. The average molecular weight is 367 g/mol. The summed E-state index contributed by atoms with van der Waals surface area (Å²) in [7, 11) is 0. The van der Waals surface area contributed by atoms with Gasteiger partial charge in [-0.1, -0.05) is 19.1 Å². The molecule has 25 heavy (non-hydrogen) atoms. The lowest BCUT2D eigenvalue weighted by Crippen LogP contribution is -2.11. The van der Waals surface area contributed by atoms with E-state index in [1.54, 1.807) is 18.2 Å². The molecule has 3 rings (SSSR count). The number of anilines is 2. The lowest BCUT2D eigenvalue weighted by molar-refractivity contribution is -0.136. The zero-order valence-corrected chi connectivity index (χ0v) is 14.4. The lowest BCUT2D eigenvalue weighted by atomic mass is 10.2. The molecule has 0 fully saturated rings. The van der Waals surface area contributed by atoms with E-state index < -0.39 is 11.7 Å². The second-order valence-electron chi connectivity index (χ2n) is 5.51. The molecule has 0 saturated carbocycles. The molecule has 0 radical (unpaired) electrons. The molecule has 0 aliphatic heterocycles. The molecule has 3 aromatic rings. The number of benzene rings is 1. The number of rotatable bonds is 5. The highest BCUT2D eigenvalue weighted by Gasteiger charge is 2.35. The van der Waals surface area contributed by atoms with Crippen LogP contribution in [0.1, 0.15) is 25.8 Å². The van der Waals surface area contributed by atoms with E-state index in [0.717, 1.165) is 23.1 Å². The van der Waals surface area contributed by atoms with E-state index in [1.165, 1.54) is 6.33 Å². The van der Waals surface area contributed by atoms with E-state index in [1.807, 2.05) is 19.9 Å². The minimum Gasteiger partial charge on any atom is -0.489 e. The predicted octanol–water partition coefficient (Wildman–Crippen LogP) is 5.63. The fraction of sp³-hybridized carbons (Fsp3) is 0.294. The van der Waals surface area contributed by atoms with Crippen LogP contribution in [-0.4, -0.2) is 16.1 Å². The Bertz CT molecular complexity index is 879. The Morgan fingerprint density at radius 1 is 1.24 bits per heavy atom. The Labute approximate surface area is 146 Å². The Hall–Kier alpha value is -2.35. The summed E-state index contributed by atoms with van der Waals surface area (Å²) in [5, 5.41) is 4.01. The summed E-state index contributed by atoms with van der Waals surface area (Å²) in [4.78, 5) is 8.24. The van der Waals surface area contributed by atoms with Gasteiger partial charge >= 0.3 is 6.18 Å². The molecule has 1 unspecified atom stereocenters. The first-order valence-electron chi connectivity index (χ1n) is 7.72. The zero-order chi connectivity index (χ0) is 18.0. The van der Waals surface area contributed by atoms with Gasteiger partial charge in [0, 0.05) is 5.38 Å². The third-order valence-corrected chi connectivity index (χ3v) is 4.61. The van der Waals surface area contributed by atoms with Crippen molar-refractivity contribution in [2.24, 2.45) is 0 Å². The van der Waals surface area contributed by atoms with Crippen LogP contribution in [0.2, 0.25) is 0 Å². The molecule has 0 amide bonds. The molecule has 1 atom stereocenters. The molecule has 1 N–H and O–H groups in total. The van der Waals surface area contributed by atoms with Crippen molar-refractivity contribution in [2.45, 2.75) is 32.5 Å². The summed E-state index contributed by atoms with van der Waals surface area (Å²) in [6.07, 6.45) is -2.42. The van der Waals surface area contributed by atoms with Crippen molar-refractivity contribution in [3.05, 3.63) is 41.5 Å². The van der Waals surface area contributed by atoms with Gasteiger partial charge in [0.1, 0.15) is 22.7 Å². The molecule has 1 aromatic carbocycles. The molecular formula is C17H16F3N3OS. The third-order valence-electron chi connectivity index (χ3n) is 3.72. The first kappa shape index (κ1) is 17.5. The number of ether oxygens (including phenoxy) is 1. The Morgan fingerprint density at radius 3 is 2.72 bits per heavy atom. The van der Waals surface area contributed by atoms with Crippen LogP contribution >= 0.6 is 11.3 Å². The smallest absolute Gasteiger partial charge is 0.418 e. The van der Waals surface area contributed by atoms with Gasteiger partial charge in [0.05, 0.1) is 22.7 Å². The first-order valence-corrected chi connectivity index (χ1v) is 8.60. The topological polar surface area (TPSA) is 47.0 Å². The van der Waals surface area contributed by atoms with Crippen LogP contribution in [0, 0.1) is 0 Å². The second-order valence-corrected chi connectivity index (χ2v) is 6.37. The average Bonchev–Trinajstić information content (AvgIpc) is 3.02. The van der Waals surface area contributed by atoms with E-state index in [0.29, 0.717) is 11.4 Å². The number of para-hydroxylation sites is 2. The number of hydrogen-bond donors (Lipinski definition) is 1. The standard InChI is InChI=1S/C17H16F3N3OS/c1-3-10(2)24-13-7-5-4-6-12(13)23-15-14-11(17(18,19)20)8-25-16(14)22-9-21-15/h4-10H,3H2,1-2H3,(H,21,22,23). The van der Waals surface area contributed by atoms with E-state index in [4.69, 9.17) is 4.74 Å². The van der Waals surface area contributed by atoms with Gasteiger partial charge in [-0.3, -0.25) is 0 Å². The van der Waals surface area contributed by atoms with Crippen LogP contribution in [0.5, 0.6) is 5.75 Å². The molecule has 2 aromatic heterocycles. The predicted molar refractivity (Wildman–Crippen MR) is 92.5 cm³/mol. The number of alkyl halides is 3. The second kappa shape index (κ2) is 6.87. The number of nitrogens with zero attached hydrogens (tertiary/aromatic N) is 2. The Kier molecular flexibility index (Phi) is 4.80. The van der Waals surface area contributed by atoms with E-state index in [-0.39, 0.29) is 22.1 Å². The van der Waals surface area contributed by atoms with Crippen molar-refractivity contribution in [3.63, 3.8) is 0 Å². The number of nitrogens with one attached hydrogen (secondary N) is 1. The summed E-state index contributed by atoms with van der Waals surface area (Å²) in [6, 6.07) is 7.10. The van der Waals surface area contributed by atoms with Crippen molar-refractivity contribution in [2.75, 3.05) is 5.32 Å². The van der Waals surface area contributed by atoms with Gasteiger partial charge in [-0.2, -0.15) is 13.2 Å². The molecule has 0 bridgehead atoms. The van der Waals surface area contributed by atoms with Gasteiger partial charge in [-0.05, 0) is 25.5 Å². The van der Waals surface area contributed by atoms with Crippen molar-refractivity contribution < 1.29 is 17.9 Å². The number of aromatic nitrogens is 2. The number of hydrogen-bond acceptors (Lipinski definition) is 5. The maximum absolute atomic E-state index is 13.3. The van der Waals surface area contributed by atoms with Crippen LogP contribution in [0.15, 0.2) is 36.0 Å². The molecule has 0 aliphatic rings. The van der Waals surface area contributed by atoms with Crippen LogP contribution in [0.25, 0.3) is 10.2 Å². The normalized spacial score (nSPS) is 13.0. The van der Waals surface area contributed by atoms with Gasteiger partial charge in [0.15, 0.2) is 0 Å². The molecule has 0 spiro atoms. The largest absolute Gasteiger partial charge is 0.489 e. The first-order chi connectivity index (χ1) is 11.9. The van der Waals surface area contributed by atoms with Gasteiger partial charge < -0.3 is 10.1 Å². The minimum atomic E-state index is -4.47. The van der Waals surface area contributed by atoms with E-state index in [9.17, 15) is 13.2 Å². The molecule has 132 valence electrons. The summed E-state index contributed by atoms with van der Waals surface area (Å²) >= 11 is 0.942. The maximum atomic E-state index is 13.3. The van der Waals surface area contributed by atoms with Gasteiger partial charge in [-0.15, -0.1) is 11.3 Å². The van der Waals surface area contributed by atoms with Crippen molar-refractivity contribution in [1.29, 1.82) is 0 Å². The number of halogens is 3. The van der Waals surface area contributed by atoms with Crippen molar-refractivity contribution in [1.82, 2.24) is 9.97 Å². The highest BCUT2D eigenvalue weighted by atomic mass is 32.1. The van der Waals surface area contributed by atoms with Crippen LogP contribution in [0.4, 0.5) is 24.7 Å². The quantitative estimate of drug-likeness (QED) is 0.635. The van der Waals surface area contributed by atoms with Crippen LogP contribution in [0.3, 0.4) is 0 Å². The molecule has 0 saturated heterocycles. The monoisotopic (exact) mass is 367 g/mol. The SMILES string of the molecule is CCC(C)Oc1ccccc1Nc1ncnc2scc(C(F)(F)F)c12. The summed E-state index contributed by atoms with van der Waals surface area (Å²) in [5.74, 6) is 0.672. The minimum absolute atomic E-state index is 0.0137. The van der Waals surface area contributed by atoms with Gasteiger partial charge in [0.2, 0.25) is 0 Å². The van der Waals surface area contributed by atoms with Crippen LogP contribution in [-0.2, 0) is 6.18 Å². The van der Waals surface area contributed by atoms with Crippen molar-refractivity contribution in [3.8, 4) is 5.75 Å². The third kappa shape index (κ3) is 3.68. The fourth-order valence-corrected chi connectivity index (χ4v) is 3.19. The number of fused-ring (bicyclic) bond motifs is 1. The highest BCUT2D eigenvalue weighted by molar-refractivity contribution is 7.17. The molecule has 2 heterocycles. The summed E-state index contributed by atoms with van der Waals surface area (Å²) in [6.45, 7) is 3.93. The highest BCUT2D eigenvalue weighted by Crippen LogP contribution is 2.41. The van der Waals surface area contributed by atoms with E-state index in [2.05, 4.69) is 15.3 Å². The molecule has 4 nitrogen and oxygen atoms in total. The lowest BCUT2D eigenvalue weighted by Gasteiger charge is -2.17. The summed E-state index contributed by atoms with van der Waals surface area (Å²) < 4.78 is 45.6. The van der Waals surface area contributed by atoms with E-state index >= 15 is 0 Å². The van der Waals surface area contributed by atoms with Crippen molar-refractivity contribution >= 4 is 33.1 Å². The maximum Gasteiger partial charge on any atom is 0.418 e. The molecular weight excluding hydrogens is 351 g/mol. The Balaban J connectivity index is 2.03. The molecule has 0 aliphatic carbocycles.